The molecule has 11 heavy (non-hydrogen) atoms. The Balaban J connectivity index is 2.42. The number of rotatable bonds is 3. The van der Waals surface area contributed by atoms with E-state index < -0.39 is 0 Å². The van der Waals surface area contributed by atoms with Crippen LogP contribution in [0.15, 0.2) is 10.2 Å². The predicted octanol–water partition coefficient (Wildman–Crippen LogP) is 0.272. The summed E-state index contributed by atoms with van der Waals surface area (Å²) in [4.78, 5) is 0. The lowest BCUT2D eigenvalue weighted by Crippen LogP contribution is -2.38. The molecule has 62 valence electrons. The van der Waals surface area contributed by atoms with Gasteiger partial charge in [0.05, 0.1) is 6.04 Å². The van der Waals surface area contributed by atoms with Gasteiger partial charge in [-0.25, -0.2) is 0 Å². The van der Waals surface area contributed by atoms with Crippen molar-refractivity contribution in [2.24, 2.45) is 10.2 Å². The molecule has 0 spiro atoms. The summed E-state index contributed by atoms with van der Waals surface area (Å²) >= 11 is 0. The summed E-state index contributed by atoms with van der Waals surface area (Å²) in [5, 5.41) is 12.4. The van der Waals surface area contributed by atoms with E-state index in [4.69, 9.17) is 0 Å². The van der Waals surface area contributed by atoms with E-state index >= 15 is 0 Å². The van der Waals surface area contributed by atoms with Crippen molar-refractivity contribution in [2.45, 2.75) is 18.9 Å². The smallest absolute Gasteiger partial charge is 0.0740 e. The molecule has 4 nitrogen and oxygen atoms in total. The molecule has 1 fully saturated rings. The van der Waals surface area contributed by atoms with Gasteiger partial charge >= 0.3 is 0 Å². The average molecular weight is 154 g/mol. The van der Waals surface area contributed by atoms with Gasteiger partial charge in [0.1, 0.15) is 0 Å². The van der Waals surface area contributed by atoms with Crippen LogP contribution < -0.4 is 5.32 Å². The van der Waals surface area contributed by atoms with E-state index in [-0.39, 0.29) is 0 Å². The number of hydrazone groups is 2. The zero-order valence-corrected chi connectivity index (χ0v) is 6.66. The number of piperidine rings is 1. The van der Waals surface area contributed by atoms with E-state index in [9.17, 15) is 0 Å². The maximum absolute atomic E-state index is 3.76. The zero-order valence-electron chi connectivity index (χ0n) is 6.66. The molecule has 0 aromatic heterocycles. The Labute approximate surface area is 67.0 Å². The quantitative estimate of drug-likeness (QED) is 0.468. The van der Waals surface area contributed by atoms with Crippen molar-refractivity contribution >= 4 is 13.4 Å². The molecular weight excluding hydrogens is 140 g/mol. The highest BCUT2D eigenvalue weighted by Gasteiger charge is 2.17. The molecule has 4 heteroatoms. The molecule has 1 saturated heterocycles. The highest BCUT2D eigenvalue weighted by Crippen LogP contribution is 2.11. The van der Waals surface area contributed by atoms with Crippen LogP contribution in [0.25, 0.3) is 0 Å². The van der Waals surface area contributed by atoms with E-state index in [1.807, 2.05) is 0 Å². The van der Waals surface area contributed by atoms with Crippen LogP contribution in [-0.4, -0.2) is 37.7 Å². The average Bonchev–Trinajstić information content (AvgIpc) is 2.09. The minimum absolute atomic E-state index is 0.395. The molecule has 1 N–H and O–H groups in total. The largest absolute Gasteiger partial charge is 0.317 e. The molecule has 0 atom stereocenters. The van der Waals surface area contributed by atoms with Crippen LogP contribution in [0, 0.1) is 0 Å². The van der Waals surface area contributed by atoms with Gasteiger partial charge in [-0.1, -0.05) is 0 Å². The van der Waals surface area contributed by atoms with Crippen LogP contribution in [-0.2, 0) is 0 Å². The molecule has 0 aliphatic carbocycles. The van der Waals surface area contributed by atoms with E-state index in [0.717, 1.165) is 25.9 Å². The Kier molecular flexibility index (Phi) is 3.04. The number of nitrogens with one attached hydrogen (secondary N) is 1. The molecule has 0 radical (unpaired) electrons. The first kappa shape index (κ1) is 8.20. The molecule has 0 aromatic rings. The topological polar surface area (TPSA) is 40.0 Å². The Morgan fingerprint density at radius 3 is 2.18 bits per heavy atom. The molecule has 1 aliphatic heterocycles. The molecule has 0 amide bonds. The second-order valence-electron chi connectivity index (χ2n) is 2.58. The molecular formula is C7H14N4. The summed E-state index contributed by atoms with van der Waals surface area (Å²) in [6.07, 6.45) is 2.14. The first-order chi connectivity index (χ1) is 5.38. The standard InChI is InChI=1S/C7H14N4/c1-8-11(9-2)7-3-5-10-6-4-7/h7,10H,1-6H2. The van der Waals surface area contributed by atoms with Crippen molar-refractivity contribution in [2.75, 3.05) is 13.1 Å². The molecule has 0 bridgehead atoms. The van der Waals surface area contributed by atoms with Crippen LogP contribution in [0.3, 0.4) is 0 Å². The molecule has 0 saturated carbocycles. The normalized spacial score (nSPS) is 19.3. The lowest BCUT2D eigenvalue weighted by molar-refractivity contribution is 0.179. The van der Waals surface area contributed by atoms with E-state index in [0.29, 0.717) is 6.04 Å². The molecule has 1 aliphatic rings. The maximum atomic E-state index is 3.76. The minimum Gasteiger partial charge on any atom is -0.317 e. The Morgan fingerprint density at radius 2 is 1.73 bits per heavy atom. The fourth-order valence-corrected chi connectivity index (χ4v) is 1.31. The van der Waals surface area contributed by atoms with Crippen molar-refractivity contribution in [3.63, 3.8) is 0 Å². The van der Waals surface area contributed by atoms with Gasteiger partial charge in [-0.3, -0.25) is 0 Å². The Hall–Kier alpha value is -0.900. The summed E-state index contributed by atoms with van der Waals surface area (Å²) in [5.41, 5.74) is 0. The Bertz CT molecular complexity index is 131. The van der Waals surface area contributed by atoms with Gasteiger partial charge in [-0.2, -0.15) is 15.3 Å². The van der Waals surface area contributed by atoms with E-state index in [1.54, 1.807) is 5.12 Å². The SMILES string of the molecule is C=NN(N=C)C1CCNCC1. The van der Waals surface area contributed by atoms with Gasteiger partial charge in [-0.05, 0) is 25.9 Å². The monoisotopic (exact) mass is 154 g/mol. The predicted molar refractivity (Wildman–Crippen MR) is 46.8 cm³/mol. The van der Waals surface area contributed by atoms with Crippen LogP contribution in [0.5, 0.6) is 0 Å². The highest BCUT2D eigenvalue weighted by atomic mass is 15.7. The van der Waals surface area contributed by atoms with Crippen molar-refractivity contribution in [1.82, 2.24) is 10.4 Å². The maximum Gasteiger partial charge on any atom is 0.0740 e. The number of hydrogen-bond donors (Lipinski definition) is 1. The molecule has 1 rings (SSSR count). The summed E-state index contributed by atoms with van der Waals surface area (Å²) in [6.45, 7) is 8.93. The number of hydrogen-bond acceptors (Lipinski definition) is 4. The Morgan fingerprint density at radius 1 is 1.18 bits per heavy atom. The van der Waals surface area contributed by atoms with Gasteiger partial charge in [0.15, 0.2) is 0 Å². The van der Waals surface area contributed by atoms with Crippen molar-refractivity contribution in [3.05, 3.63) is 0 Å². The summed E-state index contributed by atoms with van der Waals surface area (Å²) in [6, 6.07) is 0.395. The zero-order chi connectivity index (χ0) is 8.10. The molecule has 0 unspecified atom stereocenters. The van der Waals surface area contributed by atoms with Crippen LogP contribution >= 0.6 is 0 Å². The van der Waals surface area contributed by atoms with Crippen LogP contribution in [0.2, 0.25) is 0 Å². The lowest BCUT2D eigenvalue weighted by Gasteiger charge is -2.27. The van der Waals surface area contributed by atoms with Gasteiger partial charge in [-0.15, -0.1) is 0 Å². The first-order valence-electron chi connectivity index (χ1n) is 3.81. The third kappa shape index (κ3) is 2.01. The highest BCUT2D eigenvalue weighted by molar-refractivity contribution is 5.25. The molecule has 1 heterocycles. The van der Waals surface area contributed by atoms with Crippen LogP contribution in [0.4, 0.5) is 0 Å². The lowest BCUT2D eigenvalue weighted by atomic mass is 10.1. The first-order valence-corrected chi connectivity index (χ1v) is 3.81. The van der Waals surface area contributed by atoms with E-state index in [2.05, 4.69) is 29.0 Å². The number of nitrogens with zero attached hydrogens (tertiary/aromatic N) is 3. The van der Waals surface area contributed by atoms with Gasteiger partial charge in [0.2, 0.25) is 0 Å². The molecule has 0 aromatic carbocycles. The third-order valence-electron chi connectivity index (χ3n) is 1.93. The van der Waals surface area contributed by atoms with Gasteiger partial charge in [0.25, 0.3) is 0 Å². The summed E-state index contributed by atoms with van der Waals surface area (Å²) < 4.78 is 0. The van der Waals surface area contributed by atoms with E-state index in [1.165, 1.54) is 0 Å². The minimum atomic E-state index is 0.395. The third-order valence-corrected chi connectivity index (χ3v) is 1.93. The second kappa shape index (κ2) is 4.08. The second-order valence-corrected chi connectivity index (χ2v) is 2.58. The van der Waals surface area contributed by atoms with Crippen molar-refractivity contribution < 1.29 is 0 Å². The fraction of sp³-hybridized carbons (Fsp3) is 0.714. The summed E-state index contributed by atoms with van der Waals surface area (Å²) in [7, 11) is 0. The van der Waals surface area contributed by atoms with Gasteiger partial charge in [0, 0.05) is 13.4 Å². The van der Waals surface area contributed by atoms with Crippen LogP contribution in [0.1, 0.15) is 12.8 Å². The fourth-order valence-electron chi connectivity index (χ4n) is 1.31. The van der Waals surface area contributed by atoms with Crippen molar-refractivity contribution in [3.8, 4) is 0 Å². The summed E-state index contributed by atoms with van der Waals surface area (Å²) in [5.74, 6) is 0. The van der Waals surface area contributed by atoms with Gasteiger partial charge < -0.3 is 5.32 Å². The van der Waals surface area contributed by atoms with Crippen molar-refractivity contribution in [1.29, 1.82) is 0 Å².